The van der Waals surface area contributed by atoms with Gasteiger partial charge < -0.3 is 4.90 Å². The summed E-state index contributed by atoms with van der Waals surface area (Å²) in [6.45, 7) is 2.17. The van der Waals surface area contributed by atoms with Crippen molar-refractivity contribution in [2.45, 2.75) is 18.8 Å². The van der Waals surface area contributed by atoms with Gasteiger partial charge >= 0.3 is 0 Å². The highest BCUT2D eigenvalue weighted by atomic mass is 16.1. The van der Waals surface area contributed by atoms with Gasteiger partial charge in [-0.05, 0) is 45.1 Å². The van der Waals surface area contributed by atoms with E-state index in [1.807, 2.05) is 12.3 Å². The van der Waals surface area contributed by atoms with Crippen LogP contribution in [0, 0.1) is 0 Å². The molecule has 94 valence electrons. The van der Waals surface area contributed by atoms with Crippen LogP contribution < -0.4 is 0 Å². The van der Waals surface area contributed by atoms with Crippen LogP contribution >= 0.6 is 0 Å². The lowest BCUT2D eigenvalue weighted by Crippen LogP contribution is -2.29. The fourth-order valence-electron chi connectivity index (χ4n) is 2.48. The Labute approximate surface area is 105 Å². The molecule has 18 heavy (non-hydrogen) atoms. The number of carbonyl (C=O) groups is 1. The first-order valence-electron chi connectivity index (χ1n) is 6.27. The molecule has 2 aromatic rings. The molecule has 5 nitrogen and oxygen atoms in total. The Balaban J connectivity index is 1.96. The Kier molecular flexibility index (Phi) is 2.83. The van der Waals surface area contributed by atoms with Crippen molar-refractivity contribution in [1.82, 2.24) is 19.5 Å². The number of aldehydes is 1. The zero-order valence-corrected chi connectivity index (χ0v) is 10.4. The average Bonchev–Trinajstić information content (AvgIpc) is 2.83. The van der Waals surface area contributed by atoms with Crippen LogP contribution in [-0.4, -0.2) is 45.9 Å². The molecule has 0 amide bonds. The van der Waals surface area contributed by atoms with Crippen LogP contribution in [0.1, 0.15) is 34.9 Å². The van der Waals surface area contributed by atoms with Gasteiger partial charge in [0.25, 0.3) is 0 Å². The Morgan fingerprint density at radius 2 is 2.17 bits per heavy atom. The highest BCUT2D eigenvalue weighted by Crippen LogP contribution is 2.25. The fraction of sp³-hybridized carbons (Fsp3) is 0.462. The van der Waals surface area contributed by atoms with Gasteiger partial charge in [-0.25, -0.2) is 9.50 Å². The summed E-state index contributed by atoms with van der Waals surface area (Å²) in [6.07, 6.45) is 4.85. The van der Waals surface area contributed by atoms with E-state index in [2.05, 4.69) is 22.0 Å². The Morgan fingerprint density at radius 1 is 1.39 bits per heavy atom. The molecule has 1 aliphatic rings. The van der Waals surface area contributed by atoms with Gasteiger partial charge in [-0.15, -0.1) is 0 Å². The zero-order chi connectivity index (χ0) is 12.5. The van der Waals surface area contributed by atoms with Crippen molar-refractivity contribution < 1.29 is 4.79 Å². The van der Waals surface area contributed by atoms with Gasteiger partial charge in [0.05, 0.1) is 5.56 Å². The highest BCUT2D eigenvalue weighted by Gasteiger charge is 2.22. The van der Waals surface area contributed by atoms with Gasteiger partial charge in [-0.1, -0.05) is 0 Å². The molecule has 3 rings (SSSR count). The van der Waals surface area contributed by atoms with E-state index in [1.54, 1.807) is 10.6 Å². The molecule has 1 saturated heterocycles. The Bertz CT molecular complexity index is 569. The number of carbonyl (C=O) groups excluding carboxylic acids is 1. The standard InChI is InChI=1S/C13H16N4O/c1-16-7-4-10(5-8-16)12-14-13-11(9-18)3-2-6-17(13)15-12/h2-3,6,9-10H,4-5,7-8H2,1H3. The van der Waals surface area contributed by atoms with E-state index in [4.69, 9.17) is 0 Å². The molecule has 0 N–H and O–H groups in total. The molecule has 2 aromatic heterocycles. The summed E-state index contributed by atoms with van der Waals surface area (Å²) in [4.78, 5) is 17.8. The minimum absolute atomic E-state index is 0.417. The maximum absolute atomic E-state index is 11.0. The highest BCUT2D eigenvalue weighted by molar-refractivity contribution is 5.83. The molecule has 1 fully saturated rings. The summed E-state index contributed by atoms with van der Waals surface area (Å²) >= 11 is 0. The van der Waals surface area contributed by atoms with E-state index >= 15 is 0 Å². The second kappa shape index (κ2) is 4.49. The molecular weight excluding hydrogens is 228 g/mol. The SMILES string of the molecule is CN1CCC(c2nc3c(C=O)cccn3n2)CC1. The van der Waals surface area contributed by atoms with Crippen LogP contribution in [0.5, 0.6) is 0 Å². The zero-order valence-electron chi connectivity index (χ0n) is 10.4. The summed E-state index contributed by atoms with van der Waals surface area (Å²) in [5, 5.41) is 4.50. The number of likely N-dealkylation sites (tertiary alicyclic amines) is 1. The Hall–Kier alpha value is -1.75. The maximum atomic E-state index is 11.0. The normalized spacial score (nSPS) is 18.3. The van der Waals surface area contributed by atoms with Gasteiger partial charge in [0, 0.05) is 12.1 Å². The number of piperidine rings is 1. The van der Waals surface area contributed by atoms with E-state index in [9.17, 15) is 4.79 Å². The molecule has 0 bridgehead atoms. The minimum Gasteiger partial charge on any atom is -0.306 e. The van der Waals surface area contributed by atoms with E-state index in [1.165, 1.54) is 0 Å². The minimum atomic E-state index is 0.417. The second-order valence-corrected chi connectivity index (χ2v) is 4.90. The topological polar surface area (TPSA) is 50.5 Å². The van der Waals surface area contributed by atoms with Crippen molar-refractivity contribution in [1.29, 1.82) is 0 Å². The lowest BCUT2D eigenvalue weighted by Gasteiger charge is -2.26. The van der Waals surface area contributed by atoms with Crippen molar-refractivity contribution in [2.75, 3.05) is 20.1 Å². The molecule has 0 spiro atoms. The van der Waals surface area contributed by atoms with Crippen LogP contribution in [0.15, 0.2) is 18.3 Å². The molecule has 0 atom stereocenters. The molecule has 0 saturated carbocycles. The van der Waals surface area contributed by atoms with Crippen molar-refractivity contribution in [3.8, 4) is 0 Å². The summed E-state index contributed by atoms with van der Waals surface area (Å²) in [5.74, 6) is 1.29. The molecule has 0 radical (unpaired) electrons. The molecule has 0 aromatic carbocycles. The largest absolute Gasteiger partial charge is 0.306 e. The number of pyridine rings is 1. The molecular formula is C13H16N4O. The number of nitrogens with zero attached hydrogens (tertiary/aromatic N) is 4. The van der Waals surface area contributed by atoms with Crippen LogP contribution in [0.2, 0.25) is 0 Å². The van der Waals surface area contributed by atoms with Crippen molar-refractivity contribution in [3.63, 3.8) is 0 Å². The van der Waals surface area contributed by atoms with Gasteiger partial charge in [-0.2, -0.15) is 5.10 Å². The fourth-order valence-corrected chi connectivity index (χ4v) is 2.48. The molecule has 5 heteroatoms. The van der Waals surface area contributed by atoms with Gasteiger partial charge in [0.2, 0.25) is 0 Å². The van der Waals surface area contributed by atoms with Crippen molar-refractivity contribution in [3.05, 3.63) is 29.7 Å². The first-order chi connectivity index (χ1) is 8.78. The maximum Gasteiger partial charge on any atom is 0.166 e. The van der Waals surface area contributed by atoms with E-state index in [-0.39, 0.29) is 0 Å². The summed E-state index contributed by atoms with van der Waals surface area (Å²) in [5.41, 5.74) is 1.27. The quantitative estimate of drug-likeness (QED) is 0.748. The second-order valence-electron chi connectivity index (χ2n) is 4.90. The molecule has 1 aliphatic heterocycles. The number of hydrogen-bond donors (Lipinski definition) is 0. The predicted molar refractivity (Wildman–Crippen MR) is 67.8 cm³/mol. The predicted octanol–water partition coefficient (Wildman–Crippen LogP) is 1.35. The molecule has 3 heterocycles. The first-order valence-corrected chi connectivity index (χ1v) is 6.27. The van der Waals surface area contributed by atoms with Crippen LogP contribution in [-0.2, 0) is 0 Å². The van der Waals surface area contributed by atoms with E-state index < -0.39 is 0 Å². The lowest BCUT2D eigenvalue weighted by atomic mass is 9.97. The van der Waals surface area contributed by atoms with Gasteiger partial charge in [-0.3, -0.25) is 4.79 Å². The van der Waals surface area contributed by atoms with E-state index in [0.29, 0.717) is 17.1 Å². The van der Waals surface area contributed by atoms with Gasteiger partial charge in [0.15, 0.2) is 17.8 Å². The van der Waals surface area contributed by atoms with Crippen LogP contribution in [0.3, 0.4) is 0 Å². The van der Waals surface area contributed by atoms with Crippen LogP contribution in [0.25, 0.3) is 5.65 Å². The first kappa shape index (κ1) is 11.3. The third-order valence-corrected chi connectivity index (χ3v) is 3.62. The molecule has 0 aliphatic carbocycles. The van der Waals surface area contributed by atoms with Crippen LogP contribution in [0.4, 0.5) is 0 Å². The number of rotatable bonds is 2. The number of hydrogen-bond acceptors (Lipinski definition) is 4. The third kappa shape index (κ3) is 1.90. The van der Waals surface area contributed by atoms with E-state index in [0.717, 1.165) is 38.0 Å². The summed E-state index contributed by atoms with van der Waals surface area (Å²) in [7, 11) is 2.14. The lowest BCUT2D eigenvalue weighted by molar-refractivity contribution is 0.112. The Morgan fingerprint density at radius 3 is 2.89 bits per heavy atom. The average molecular weight is 244 g/mol. The van der Waals surface area contributed by atoms with Gasteiger partial charge in [0.1, 0.15) is 0 Å². The van der Waals surface area contributed by atoms with Crippen molar-refractivity contribution >= 4 is 11.9 Å². The number of aromatic nitrogens is 3. The number of fused-ring (bicyclic) bond motifs is 1. The smallest absolute Gasteiger partial charge is 0.166 e. The third-order valence-electron chi connectivity index (χ3n) is 3.62. The summed E-state index contributed by atoms with van der Waals surface area (Å²) < 4.78 is 1.71. The summed E-state index contributed by atoms with van der Waals surface area (Å²) in [6, 6.07) is 3.60. The van der Waals surface area contributed by atoms with Crippen molar-refractivity contribution in [2.24, 2.45) is 0 Å². The molecule has 0 unspecified atom stereocenters. The monoisotopic (exact) mass is 244 g/mol.